The molecule has 1 aromatic carbocycles. The van der Waals surface area contributed by atoms with Crippen LogP contribution in [0.5, 0.6) is 0 Å². The third-order valence-electron chi connectivity index (χ3n) is 3.35. The number of hydrogen-bond acceptors (Lipinski definition) is 3. The Balaban J connectivity index is 0.000000246. The van der Waals surface area contributed by atoms with Gasteiger partial charge in [0.05, 0.1) is 5.41 Å². The summed E-state index contributed by atoms with van der Waals surface area (Å²) >= 11 is 0. The number of anilines is 1. The Labute approximate surface area is 121 Å². The summed E-state index contributed by atoms with van der Waals surface area (Å²) in [6, 6.07) is 8.27. The van der Waals surface area contributed by atoms with Crippen LogP contribution in [-0.2, 0) is 4.79 Å². The van der Waals surface area contributed by atoms with Gasteiger partial charge < -0.3 is 16.2 Å². The Morgan fingerprint density at radius 1 is 1.30 bits per heavy atom. The van der Waals surface area contributed by atoms with Gasteiger partial charge in [-0.15, -0.1) is 0 Å². The molecule has 1 aliphatic rings. The van der Waals surface area contributed by atoms with Gasteiger partial charge in [-0.3, -0.25) is 4.79 Å². The van der Waals surface area contributed by atoms with Gasteiger partial charge in [0.1, 0.15) is 0 Å². The number of carboxylic acids is 1. The second-order valence-corrected chi connectivity index (χ2v) is 6.27. The Kier molecular flexibility index (Phi) is 6.02. The molecule has 0 saturated carbocycles. The number of nitrogens with one attached hydrogen (secondary N) is 1. The Morgan fingerprint density at radius 3 is 2.25 bits per heavy atom. The van der Waals surface area contributed by atoms with E-state index in [1.165, 1.54) is 24.9 Å². The monoisotopic (exact) mass is 278 g/mol. The van der Waals surface area contributed by atoms with E-state index in [1.807, 2.05) is 12.1 Å². The fraction of sp³-hybridized carbons (Fsp3) is 0.562. The molecule has 0 bridgehead atoms. The lowest BCUT2D eigenvalue weighted by atomic mass is 9.92. The van der Waals surface area contributed by atoms with Gasteiger partial charge in [-0.2, -0.15) is 0 Å². The molecule has 20 heavy (non-hydrogen) atoms. The number of carbonyl (C=O) groups is 1. The van der Waals surface area contributed by atoms with Gasteiger partial charge in [0, 0.05) is 12.2 Å². The molecule has 0 spiro atoms. The molecule has 0 radical (unpaired) electrons. The lowest BCUT2D eigenvalue weighted by molar-refractivity contribution is -0.145. The van der Waals surface area contributed by atoms with Gasteiger partial charge in [-0.1, -0.05) is 12.1 Å². The first-order valence-electron chi connectivity index (χ1n) is 7.10. The molecule has 1 unspecified atom stereocenters. The molecule has 0 aliphatic carbocycles. The van der Waals surface area contributed by atoms with Gasteiger partial charge >= 0.3 is 5.97 Å². The van der Waals surface area contributed by atoms with Crippen LogP contribution < -0.4 is 11.1 Å². The summed E-state index contributed by atoms with van der Waals surface area (Å²) in [4.78, 5) is 10.0. The molecule has 1 heterocycles. The topological polar surface area (TPSA) is 75.3 Å². The van der Waals surface area contributed by atoms with Gasteiger partial charge in [0.25, 0.3) is 0 Å². The molecule has 0 amide bonds. The number of piperidine rings is 1. The van der Waals surface area contributed by atoms with Crippen LogP contribution in [0.1, 0.15) is 45.1 Å². The third kappa shape index (κ3) is 5.61. The smallest absolute Gasteiger partial charge is 0.308 e. The zero-order valence-electron chi connectivity index (χ0n) is 12.6. The molecular weight excluding hydrogens is 252 g/mol. The van der Waals surface area contributed by atoms with Gasteiger partial charge in [-0.25, -0.2) is 0 Å². The molecule has 1 aliphatic heterocycles. The fourth-order valence-electron chi connectivity index (χ4n) is 1.90. The van der Waals surface area contributed by atoms with Crippen LogP contribution in [0.3, 0.4) is 0 Å². The van der Waals surface area contributed by atoms with Crippen molar-refractivity contribution < 1.29 is 9.90 Å². The van der Waals surface area contributed by atoms with E-state index in [1.54, 1.807) is 20.8 Å². The van der Waals surface area contributed by atoms with Gasteiger partial charge in [-0.05, 0) is 63.8 Å². The first kappa shape index (κ1) is 16.5. The highest BCUT2D eigenvalue weighted by molar-refractivity contribution is 5.72. The Morgan fingerprint density at radius 2 is 1.85 bits per heavy atom. The first-order valence-corrected chi connectivity index (χ1v) is 7.10. The number of nitrogens with two attached hydrogens (primary N) is 1. The molecule has 2 rings (SSSR count). The van der Waals surface area contributed by atoms with Gasteiger partial charge in [0.2, 0.25) is 0 Å². The quantitative estimate of drug-likeness (QED) is 0.690. The van der Waals surface area contributed by atoms with E-state index < -0.39 is 11.4 Å². The molecule has 1 atom stereocenters. The summed E-state index contributed by atoms with van der Waals surface area (Å²) in [5.41, 5.74) is 7.33. The van der Waals surface area contributed by atoms with E-state index in [2.05, 4.69) is 17.4 Å². The van der Waals surface area contributed by atoms with Crippen molar-refractivity contribution in [3.05, 3.63) is 29.8 Å². The van der Waals surface area contributed by atoms with Crippen LogP contribution in [0.4, 0.5) is 5.69 Å². The summed E-state index contributed by atoms with van der Waals surface area (Å²) in [5.74, 6) is -0.0677. The fourth-order valence-corrected chi connectivity index (χ4v) is 1.90. The highest BCUT2D eigenvalue weighted by Gasteiger charge is 2.18. The maximum atomic E-state index is 10.0. The molecule has 1 aromatic rings. The summed E-state index contributed by atoms with van der Waals surface area (Å²) < 4.78 is 0. The second-order valence-electron chi connectivity index (χ2n) is 6.27. The largest absolute Gasteiger partial charge is 0.481 e. The third-order valence-corrected chi connectivity index (χ3v) is 3.35. The van der Waals surface area contributed by atoms with Crippen LogP contribution in [0.15, 0.2) is 24.3 Å². The van der Waals surface area contributed by atoms with Crippen LogP contribution in [0.25, 0.3) is 0 Å². The predicted molar refractivity (Wildman–Crippen MR) is 82.8 cm³/mol. The highest BCUT2D eigenvalue weighted by atomic mass is 16.4. The summed E-state index contributed by atoms with van der Waals surface area (Å²) in [6.45, 7) is 7.27. The van der Waals surface area contributed by atoms with Crippen molar-refractivity contribution in [1.82, 2.24) is 5.32 Å². The minimum atomic E-state index is -0.757. The zero-order chi connectivity index (χ0) is 15.2. The van der Waals surface area contributed by atoms with E-state index in [0.717, 1.165) is 12.2 Å². The summed E-state index contributed by atoms with van der Waals surface area (Å²) in [6.07, 6.45) is 2.59. The molecule has 1 saturated heterocycles. The molecule has 0 aromatic heterocycles. The minimum Gasteiger partial charge on any atom is -0.481 e. The van der Waals surface area contributed by atoms with E-state index in [-0.39, 0.29) is 0 Å². The number of nitrogen functional groups attached to an aromatic ring is 1. The van der Waals surface area contributed by atoms with Crippen LogP contribution >= 0.6 is 0 Å². The SMILES string of the molecule is CC(C)(C)C(=O)O.Nc1ccc(C2CCCNC2)cc1. The van der Waals surface area contributed by atoms with E-state index in [0.29, 0.717) is 5.92 Å². The van der Waals surface area contributed by atoms with Crippen LogP contribution in [-0.4, -0.2) is 24.2 Å². The van der Waals surface area contributed by atoms with Crippen LogP contribution in [0.2, 0.25) is 0 Å². The van der Waals surface area contributed by atoms with E-state index in [4.69, 9.17) is 10.8 Å². The van der Waals surface area contributed by atoms with Crippen molar-refractivity contribution in [2.24, 2.45) is 5.41 Å². The minimum absolute atomic E-state index is 0.583. The van der Waals surface area contributed by atoms with Gasteiger partial charge in [0.15, 0.2) is 0 Å². The average Bonchev–Trinajstić information content (AvgIpc) is 2.40. The standard InChI is InChI=1S/C11H16N2.C5H10O2/c12-11-5-3-9(4-6-11)10-2-1-7-13-8-10;1-5(2,3)4(6)7/h3-6,10,13H,1-2,7-8,12H2;1-3H3,(H,6,7). The number of carboxylic acid groups (broad SMARTS) is 1. The summed E-state index contributed by atoms with van der Waals surface area (Å²) in [5, 5.41) is 11.7. The normalized spacial score (nSPS) is 18.9. The van der Waals surface area contributed by atoms with E-state index in [9.17, 15) is 4.79 Å². The van der Waals surface area contributed by atoms with Crippen molar-refractivity contribution in [1.29, 1.82) is 0 Å². The maximum Gasteiger partial charge on any atom is 0.308 e. The van der Waals surface area contributed by atoms with Crippen LogP contribution in [0, 0.1) is 5.41 Å². The predicted octanol–water partition coefficient (Wildman–Crippen LogP) is 2.85. The lowest BCUT2D eigenvalue weighted by Gasteiger charge is -2.23. The molecule has 1 fully saturated rings. The number of rotatable bonds is 1. The highest BCUT2D eigenvalue weighted by Crippen LogP contribution is 2.23. The number of benzene rings is 1. The van der Waals surface area contributed by atoms with Crippen molar-refractivity contribution in [2.45, 2.75) is 39.5 Å². The Hall–Kier alpha value is -1.55. The average molecular weight is 278 g/mol. The lowest BCUT2D eigenvalue weighted by Crippen LogP contribution is -2.28. The first-order chi connectivity index (χ1) is 9.30. The molecule has 4 N–H and O–H groups in total. The second kappa shape index (κ2) is 7.29. The Bertz CT molecular complexity index is 415. The number of hydrogen-bond donors (Lipinski definition) is 3. The van der Waals surface area contributed by atoms with Crippen molar-refractivity contribution in [2.75, 3.05) is 18.8 Å². The molecular formula is C16H26N2O2. The van der Waals surface area contributed by atoms with Crippen molar-refractivity contribution in [3.63, 3.8) is 0 Å². The zero-order valence-corrected chi connectivity index (χ0v) is 12.6. The molecule has 4 heteroatoms. The number of aliphatic carboxylic acids is 1. The maximum absolute atomic E-state index is 10.0. The molecule has 112 valence electrons. The van der Waals surface area contributed by atoms with E-state index >= 15 is 0 Å². The van der Waals surface area contributed by atoms with Crippen molar-refractivity contribution >= 4 is 11.7 Å². The summed E-state index contributed by atoms with van der Waals surface area (Å²) in [7, 11) is 0. The molecule has 4 nitrogen and oxygen atoms in total. The van der Waals surface area contributed by atoms with Crippen molar-refractivity contribution in [3.8, 4) is 0 Å².